The van der Waals surface area contributed by atoms with Crippen LogP contribution in [-0.4, -0.2) is 48.2 Å². The van der Waals surface area contributed by atoms with Crippen molar-refractivity contribution < 1.29 is 28.5 Å². The number of benzene rings is 1. The van der Waals surface area contributed by atoms with Crippen LogP contribution < -0.4 is 5.32 Å². The second-order valence-corrected chi connectivity index (χ2v) is 8.45. The van der Waals surface area contributed by atoms with Gasteiger partial charge in [0, 0.05) is 10.7 Å². The van der Waals surface area contributed by atoms with E-state index in [2.05, 4.69) is 5.32 Å². The number of amides is 1. The maximum atomic E-state index is 13.0. The van der Waals surface area contributed by atoms with Crippen LogP contribution in [0.5, 0.6) is 0 Å². The summed E-state index contributed by atoms with van der Waals surface area (Å²) < 4.78 is 29.7. The Kier molecular flexibility index (Phi) is 4.53. The third-order valence-corrected chi connectivity index (χ3v) is 5.26. The predicted octanol–water partition coefficient (Wildman–Crippen LogP) is 2.98. The molecule has 0 unspecified atom stereocenters. The van der Waals surface area contributed by atoms with Crippen molar-refractivity contribution in [3.63, 3.8) is 0 Å². The molecule has 3 saturated heterocycles. The molecule has 0 spiro atoms. The summed E-state index contributed by atoms with van der Waals surface area (Å²) in [6.45, 7) is 9.10. The van der Waals surface area contributed by atoms with E-state index in [1.807, 2.05) is 13.0 Å². The van der Waals surface area contributed by atoms with Gasteiger partial charge in [0.25, 0.3) is 5.91 Å². The number of hydrogen-bond acceptors (Lipinski definition) is 6. The van der Waals surface area contributed by atoms with Crippen molar-refractivity contribution in [1.29, 1.82) is 0 Å². The number of carbonyl (C=O) groups excluding carboxylic acids is 1. The standard InChI is InChI=1S/C19H24ClNO6/c1-9-6-7-10(8-11(9)20)21-16(22)14-12-13(25-18(2,3)24-12)15-17(23-14)27-19(4,5)26-15/h6-8,12-15,17H,1-5H3,(H,21,22)/t12-,13+,14+,15-,17-/m1/s1. The number of carbonyl (C=O) groups is 1. The Hall–Kier alpha value is -1.22. The average Bonchev–Trinajstić information content (AvgIpc) is 3.04. The SMILES string of the molecule is Cc1ccc(NC(=O)[C@H]2O[C@@H]3OC(C)(C)O[C@@H]3[C@H]3OC(C)(C)O[C@H]32)cc1Cl. The van der Waals surface area contributed by atoms with E-state index in [1.165, 1.54) is 0 Å². The van der Waals surface area contributed by atoms with Gasteiger partial charge < -0.3 is 29.0 Å². The Morgan fingerprint density at radius 1 is 1.00 bits per heavy atom. The summed E-state index contributed by atoms with van der Waals surface area (Å²) in [7, 11) is 0. The topological polar surface area (TPSA) is 75.3 Å². The first kappa shape index (κ1) is 19.1. The maximum Gasteiger partial charge on any atom is 0.256 e. The van der Waals surface area contributed by atoms with Crippen LogP contribution in [0.1, 0.15) is 33.3 Å². The molecule has 4 rings (SSSR count). The lowest BCUT2D eigenvalue weighted by molar-refractivity contribution is -0.229. The molecule has 1 aromatic rings. The lowest BCUT2D eigenvalue weighted by atomic mass is 9.98. The zero-order valence-electron chi connectivity index (χ0n) is 15.9. The van der Waals surface area contributed by atoms with Gasteiger partial charge in [-0.05, 0) is 52.3 Å². The quantitative estimate of drug-likeness (QED) is 0.826. The molecule has 27 heavy (non-hydrogen) atoms. The first-order chi connectivity index (χ1) is 12.5. The summed E-state index contributed by atoms with van der Waals surface area (Å²) in [6.07, 6.45) is -3.17. The number of aryl methyl sites for hydroxylation is 1. The van der Waals surface area contributed by atoms with Gasteiger partial charge in [0.2, 0.25) is 0 Å². The summed E-state index contributed by atoms with van der Waals surface area (Å²) in [4.78, 5) is 13.0. The predicted molar refractivity (Wildman–Crippen MR) is 97.3 cm³/mol. The van der Waals surface area contributed by atoms with Crippen LogP contribution in [0.25, 0.3) is 0 Å². The Balaban J connectivity index is 1.57. The molecule has 7 nitrogen and oxygen atoms in total. The van der Waals surface area contributed by atoms with Gasteiger partial charge >= 0.3 is 0 Å². The summed E-state index contributed by atoms with van der Waals surface area (Å²) >= 11 is 6.15. The number of anilines is 1. The number of ether oxygens (including phenoxy) is 5. The van der Waals surface area contributed by atoms with E-state index in [0.29, 0.717) is 10.7 Å². The normalized spacial score (nSPS) is 36.1. The molecule has 1 amide bonds. The van der Waals surface area contributed by atoms with Crippen LogP contribution in [0.4, 0.5) is 5.69 Å². The second kappa shape index (κ2) is 6.40. The average molecular weight is 398 g/mol. The maximum absolute atomic E-state index is 13.0. The molecule has 0 saturated carbocycles. The van der Waals surface area contributed by atoms with Gasteiger partial charge in [-0.1, -0.05) is 17.7 Å². The highest BCUT2D eigenvalue weighted by Gasteiger charge is 2.62. The van der Waals surface area contributed by atoms with Crippen LogP contribution in [0.3, 0.4) is 0 Å². The minimum atomic E-state index is -0.907. The van der Waals surface area contributed by atoms with Crippen LogP contribution in [0.2, 0.25) is 5.02 Å². The molecule has 0 bridgehead atoms. The molecule has 148 valence electrons. The van der Waals surface area contributed by atoms with Gasteiger partial charge in [0.15, 0.2) is 24.0 Å². The fraction of sp³-hybridized carbons (Fsp3) is 0.632. The summed E-state index contributed by atoms with van der Waals surface area (Å²) in [5.74, 6) is -2.03. The Morgan fingerprint density at radius 2 is 1.63 bits per heavy atom. The molecular formula is C19H24ClNO6. The van der Waals surface area contributed by atoms with E-state index >= 15 is 0 Å². The van der Waals surface area contributed by atoms with Crippen LogP contribution in [-0.2, 0) is 28.5 Å². The van der Waals surface area contributed by atoms with E-state index in [-0.39, 0.29) is 5.91 Å². The minimum absolute atomic E-state index is 0.349. The Morgan fingerprint density at radius 3 is 2.33 bits per heavy atom. The number of halogens is 1. The zero-order valence-corrected chi connectivity index (χ0v) is 16.7. The molecule has 0 aliphatic carbocycles. The molecule has 5 atom stereocenters. The van der Waals surface area contributed by atoms with Gasteiger partial charge in [-0.25, -0.2) is 0 Å². The highest BCUT2D eigenvalue weighted by Crippen LogP contribution is 2.44. The fourth-order valence-corrected chi connectivity index (χ4v) is 3.89. The fourth-order valence-electron chi connectivity index (χ4n) is 3.71. The summed E-state index contributed by atoms with van der Waals surface area (Å²) in [5.41, 5.74) is 1.51. The van der Waals surface area contributed by atoms with Crippen LogP contribution >= 0.6 is 11.6 Å². The highest BCUT2D eigenvalue weighted by molar-refractivity contribution is 6.31. The van der Waals surface area contributed by atoms with E-state index in [1.54, 1.807) is 39.8 Å². The van der Waals surface area contributed by atoms with E-state index in [9.17, 15) is 4.79 Å². The van der Waals surface area contributed by atoms with Crippen molar-refractivity contribution >= 4 is 23.2 Å². The number of rotatable bonds is 2. The van der Waals surface area contributed by atoms with Crippen molar-refractivity contribution in [3.8, 4) is 0 Å². The molecular weight excluding hydrogens is 374 g/mol. The second-order valence-electron chi connectivity index (χ2n) is 8.04. The summed E-state index contributed by atoms with van der Waals surface area (Å²) in [5, 5.41) is 3.42. The Labute approximate surface area is 163 Å². The summed E-state index contributed by atoms with van der Waals surface area (Å²) in [6, 6.07) is 5.33. The zero-order chi connectivity index (χ0) is 19.6. The van der Waals surface area contributed by atoms with Crippen LogP contribution in [0, 0.1) is 6.92 Å². The van der Waals surface area contributed by atoms with Crippen molar-refractivity contribution in [3.05, 3.63) is 28.8 Å². The largest absolute Gasteiger partial charge is 0.342 e. The van der Waals surface area contributed by atoms with E-state index in [4.69, 9.17) is 35.3 Å². The van der Waals surface area contributed by atoms with Gasteiger partial charge in [0.1, 0.15) is 18.3 Å². The van der Waals surface area contributed by atoms with Gasteiger partial charge in [-0.15, -0.1) is 0 Å². The van der Waals surface area contributed by atoms with Gasteiger partial charge in [-0.2, -0.15) is 0 Å². The first-order valence-corrected chi connectivity index (χ1v) is 9.36. The molecule has 8 heteroatoms. The lowest BCUT2D eigenvalue weighted by Crippen LogP contribution is -2.58. The molecule has 0 radical (unpaired) electrons. The number of nitrogens with one attached hydrogen (secondary N) is 1. The third kappa shape index (κ3) is 3.60. The molecule has 3 fully saturated rings. The Bertz CT molecular complexity index is 767. The molecule has 1 N–H and O–H groups in total. The monoisotopic (exact) mass is 397 g/mol. The molecule has 1 aromatic carbocycles. The van der Waals surface area contributed by atoms with Crippen molar-refractivity contribution in [1.82, 2.24) is 0 Å². The van der Waals surface area contributed by atoms with Crippen molar-refractivity contribution in [2.75, 3.05) is 5.32 Å². The van der Waals surface area contributed by atoms with Gasteiger partial charge in [0.05, 0.1) is 0 Å². The smallest absolute Gasteiger partial charge is 0.256 e. The molecule has 3 aliphatic heterocycles. The van der Waals surface area contributed by atoms with E-state index < -0.39 is 42.3 Å². The van der Waals surface area contributed by atoms with Crippen LogP contribution in [0.15, 0.2) is 18.2 Å². The van der Waals surface area contributed by atoms with Crippen molar-refractivity contribution in [2.24, 2.45) is 0 Å². The first-order valence-electron chi connectivity index (χ1n) is 8.98. The number of hydrogen-bond donors (Lipinski definition) is 1. The molecule has 0 aromatic heterocycles. The molecule has 3 heterocycles. The minimum Gasteiger partial charge on any atom is -0.342 e. The van der Waals surface area contributed by atoms with Crippen molar-refractivity contribution in [2.45, 2.75) is 76.9 Å². The highest BCUT2D eigenvalue weighted by atomic mass is 35.5. The molecule has 3 aliphatic rings. The lowest BCUT2D eigenvalue weighted by Gasteiger charge is -2.36. The third-order valence-electron chi connectivity index (χ3n) is 4.85. The van der Waals surface area contributed by atoms with Gasteiger partial charge in [-0.3, -0.25) is 4.79 Å². The van der Waals surface area contributed by atoms with E-state index in [0.717, 1.165) is 5.56 Å². The number of fused-ring (bicyclic) bond motifs is 3.